The molecule has 1 aliphatic rings. The van der Waals surface area contributed by atoms with E-state index in [-0.39, 0.29) is 15.0 Å². The first-order valence-electron chi connectivity index (χ1n) is 12.3. The van der Waals surface area contributed by atoms with Gasteiger partial charge < -0.3 is 11.1 Å². The van der Waals surface area contributed by atoms with Gasteiger partial charge in [0.1, 0.15) is 4.90 Å². The molecule has 0 unspecified atom stereocenters. The van der Waals surface area contributed by atoms with E-state index in [1.54, 1.807) is 18.2 Å². The fraction of sp³-hybridized carbons (Fsp3) is 0.346. The molecule has 1 fully saturated rings. The maximum absolute atomic E-state index is 12.9. The van der Waals surface area contributed by atoms with E-state index in [0.717, 1.165) is 64.7 Å². The van der Waals surface area contributed by atoms with Gasteiger partial charge in [0.25, 0.3) is 10.0 Å². The van der Waals surface area contributed by atoms with E-state index in [1.165, 1.54) is 17.4 Å². The summed E-state index contributed by atoms with van der Waals surface area (Å²) in [6, 6.07) is 11.1. The van der Waals surface area contributed by atoms with Gasteiger partial charge in [-0.1, -0.05) is 42.0 Å². The van der Waals surface area contributed by atoms with Gasteiger partial charge in [-0.15, -0.1) is 0 Å². The van der Waals surface area contributed by atoms with Gasteiger partial charge in [0.2, 0.25) is 5.95 Å². The Morgan fingerprint density at radius 3 is 2.62 bits per heavy atom. The second kappa shape index (κ2) is 10.5. The van der Waals surface area contributed by atoms with Crippen LogP contribution in [-0.2, 0) is 16.4 Å². The molecule has 0 spiro atoms. The number of nitrogens with zero attached hydrogens (tertiary/aromatic N) is 3. The van der Waals surface area contributed by atoms with Crippen LogP contribution in [0.5, 0.6) is 0 Å². The number of benzene rings is 2. The predicted molar refractivity (Wildman–Crippen MR) is 151 cm³/mol. The quantitative estimate of drug-likeness (QED) is 0.264. The Hall–Kier alpha value is -2.79. The normalized spacial score (nSPS) is 18.2. The summed E-state index contributed by atoms with van der Waals surface area (Å²) in [6.45, 7) is 3.97. The number of rotatable bonds is 7. The van der Waals surface area contributed by atoms with E-state index < -0.39 is 10.0 Å². The van der Waals surface area contributed by atoms with E-state index in [4.69, 9.17) is 22.3 Å². The van der Waals surface area contributed by atoms with Gasteiger partial charge in [-0.2, -0.15) is 0 Å². The summed E-state index contributed by atoms with van der Waals surface area (Å²) in [5.74, 6) is 0.639. The third-order valence-corrected chi connectivity index (χ3v) is 9.74. The lowest BCUT2D eigenvalue weighted by molar-refractivity contribution is 0.410. The van der Waals surface area contributed by atoms with Gasteiger partial charge in [-0.3, -0.25) is 4.72 Å². The Balaban J connectivity index is 1.43. The lowest BCUT2D eigenvalue weighted by Gasteiger charge is -2.26. The molecule has 2 aromatic heterocycles. The maximum Gasteiger partial charge on any atom is 0.265 e. The molecule has 0 atom stereocenters. The number of hydrogen-bond donors (Lipinski definition) is 3. The van der Waals surface area contributed by atoms with E-state index in [9.17, 15) is 8.42 Å². The summed E-state index contributed by atoms with van der Waals surface area (Å²) in [5.41, 5.74) is 9.73. The molecule has 1 aliphatic carbocycles. The number of aryl methyl sites for hydroxylation is 2. The minimum atomic E-state index is -3.87. The molecule has 8 nitrogen and oxygen atoms in total. The average Bonchev–Trinajstić information content (AvgIpc) is 3.24. The van der Waals surface area contributed by atoms with Gasteiger partial charge >= 0.3 is 0 Å². The van der Waals surface area contributed by atoms with Crippen LogP contribution >= 0.6 is 22.9 Å². The fourth-order valence-corrected chi connectivity index (χ4v) is 7.39. The second-order valence-corrected chi connectivity index (χ2v) is 12.4. The van der Waals surface area contributed by atoms with Crippen LogP contribution in [0.15, 0.2) is 47.5 Å². The van der Waals surface area contributed by atoms with E-state index in [2.05, 4.69) is 33.0 Å². The summed E-state index contributed by atoms with van der Waals surface area (Å²) >= 11 is 7.40. The fourth-order valence-electron chi connectivity index (χ4n) is 4.68. The number of thiazole rings is 1. The van der Waals surface area contributed by atoms with Crippen molar-refractivity contribution in [1.29, 1.82) is 0 Å². The minimum Gasteiger partial charge on any atom is -0.351 e. The molecule has 1 saturated carbocycles. The number of sulfonamides is 1. The Labute approximate surface area is 225 Å². The van der Waals surface area contributed by atoms with Crippen LogP contribution in [0, 0.1) is 6.92 Å². The molecule has 4 aromatic rings. The minimum absolute atomic E-state index is 0.0164. The van der Waals surface area contributed by atoms with E-state index >= 15 is 0 Å². The second-order valence-electron chi connectivity index (χ2n) is 9.35. The number of aromatic nitrogens is 3. The SMILES string of the molecule is CCc1cc(-c2sc(NS(=O)(=O)c3ccccc3Cl)nc2C)cc2cnc(NC3CCC(N)CC3)nc12. The largest absolute Gasteiger partial charge is 0.351 e. The Bertz CT molecular complexity index is 1550. The molecular weight excluding hydrogens is 528 g/mol. The molecule has 37 heavy (non-hydrogen) atoms. The first-order valence-corrected chi connectivity index (χ1v) is 15.0. The van der Waals surface area contributed by atoms with Crippen molar-refractivity contribution in [1.82, 2.24) is 15.0 Å². The van der Waals surface area contributed by atoms with Crippen molar-refractivity contribution in [2.45, 2.75) is 62.9 Å². The summed E-state index contributed by atoms with van der Waals surface area (Å²) in [5, 5.41) is 4.85. The molecule has 0 amide bonds. The van der Waals surface area contributed by atoms with Crippen LogP contribution in [0.3, 0.4) is 0 Å². The molecule has 0 bridgehead atoms. The monoisotopic (exact) mass is 556 g/mol. The zero-order valence-corrected chi connectivity index (χ0v) is 23.1. The maximum atomic E-state index is 12.9. The number of nitrogens with two attached hydrogens (primary N) is 1. The van der Waals surface area contributed by atoms with Gasteiger partial charge in [-0.05, 0) is 74.4 Å². The van der Waals surface area contributed by atoms with Crippen LogP contribution in [0.1, 0.15) is 43.9 Å². The molecule has 0 radical (unpaired) electrons. The summed E-state index contributed by atoms with van der Waals surface area (Å²) in [4.78, 5) is 14.8. The van der Waals surface area contributed by atoms with E-state index in [1.807, 2.05) is 19.2 Å². The van der Waals surface area contributed by atoms with Gasteiger partial charge in [0, 0.05) is 23.7 Å². The highest BCUT2D eigenvalue weighted by Crippen LogP contribution is 2.37. The van der Waals surface area contributed by atoms with Crippen LogP contribution in [0.25, 0.3) is 21.3 Å². The van der Waals surface area contributed by atoms with Crippen LogP contribution < -0.4 is 15.8 Å². The lowest BCUT2D eigenvalue weighted by Crippen LogP contribution is -2.33. The van der Waals surface area contributed by atoms with Crippen LogP contribution in [0.2, 0.25) is 5.02 Å². The zero-order chi connectivity index (χ0) is 26.2. The predicted octanol–water partition coefficient (Wildman–Crippen LogP) is 5.76. The lowest BCUT2D eigenvalue weighted by atomic mass is 9.92. The van der Waals surface area contributed by atoms with Gasteiger partial charge in [0.05, 0.1) is 21.1 Å². The van der Waals surface area contributed by atoms with Gasteiger partial charge in [-0.25, -0.2) is 23.4 Å². The van der Waals surface area contributed by atoms with Crippen molar-refractivity contribution in [3.8, 4) is 10.4 Å². The Morgan fingerprint density at radius 2 is 1.89 bits per heavy atom. The van der Waals surface area contributed by atoms with Gasteiger partial charge in [0.15, 0.2) is 5.13 Å². The van der Waals surface area contributed by atoms with Crippen molar-refractivity contribution in [3.63, 3.8) is 0 Å². The van der Waals surface area contributed by atoms with Crippen molar-refractivity contribution in [2.24, 2.45) is 5.73 Å². The Kier molecular flexibility index (Phi) is 7.35. The standard InChI is InChI=1S/C26H29ClN6O2S2/c1-3-16-12-17(13-18-14-29-25(32-23(16)18)31-20-10-8-19(28)9-11-20)24-15(2)30-26(36-24)33-37(34,35)22-7-5-4-6-21(22)27/h4-7,12-14,19-20H,3,8-11,28H2,1-2H3,(H,30,33)(H,29,31,32). The first kappa shape index (κ1) is 25.8. The molecular formula is C26H29ClN6O2S2. The first-order chi connectivity index (χ1) is 17.7. The van der Waals surface area contributed by atoms with Crippen molar-refractivity contribution in [2.75, 3.05) is 10.0 Å². The zero-order valence-electron chi connectivity index (χ0n) is 20.7. The molecule has 5 rings (SSSR count). The van der Waals surface area contributed by atoms with Crippen molar-refractivity contribution in [3.05, 3.63) is 58.9 Å². The van der Waals surface area contributed by atoms with Crippen molar-refractivity contribution >= 4 is 54.9 Å². The molecule has 194 valence electrons. The summed E-state index contributed by atoms with van der Waals surface area (Å²) in [7, 11) is -3.87. The number of anilines is 2. The number of fused-ring (bicyclic) bond motifs is 1. The summed E-state index contributed by atoms with van der Waals surface area (Å²) < 4.78 is 28.4. The molecule has 0 saturated heterocycles. The smallest absolute Gasteiger partial charge is 0.265 e. The molecule has 2 heterocycles. The molecule has 0 aliphatic heterocycles. The average molecular weight is 557 g/mol. The topological polar surface area (TPSA) is 123 Å². The molecule has 2 aromatic carbocycles. The number of halogens is 1. The molecule has 4 N–H and O–H groups in total. The number of hydrogen-bond acceptors (Lipinski definition) is 8. The third-order valence-electron chi connectivity index (χ3n) is 6.65. The number of nitrogens with one attached hydrogen (secondary N) is 2. The summed E-state index contributed by atoms with van der Waals surface area (Å²) in [6.07, 6.45) is 6.71. The van der Waals surface area contributed by atoms with E-state index in [0.29, 0.717) is 18.0 Å². The highest BCUT2D eigenvalue weighted by atomic mass is 35.5. The van der Waals surface area contributed by atoms with Crippen LogP contribution in [0.4, 0.5) is 11.1 Å². The third kappa shape index (κ3) is 5.57. The highest BCUT2D eigenvalue weighted by molar-refractivity contribution is 7.93. The molecule has 11 heteroatoms. The van der Waals surface area contributed by atoms with Crippen LogP contribution in [-0.4, -0.2) is 35.5 Å². The van der Waals surface area contributed by atoms with Crippen molar-refractivity contribution < 1.29 is 8.42 Å². The highest BCUT2D eigenvalue weighted by Gasteiger charge is 2.22. The Morgan fingerprint density at radius 1 is 1.14 bits per heavy atom.